The molecule has 3 heteroatoms. The van der Waals surface area contributed by atoms with Crippen molar-refractivity contribution in [2.45, 2.75) is 19.8 Å². The first-order chi connectivity index (χ1) is 4.27. The molecule has 0 aliphatic rings. The van der Waals surface area contributed by atoms with Crippen LogP contribution >= 0.6 is 0 Å². The third-order valence-corrected chi connectivity index (χ3v) is 1.50. The van der Waals surface area contributed by atoms with E-state index in [1.807, 2.05) is 19.1 Å². The molecular formula is C6H12O2S. The van der Waals surface area contributed by atoms with Crippen LogP contribution < -0.4 is 0 Å². The van der Waals surface area contributed by atoms with E-state index in [-0.39, 0.29) is 5.75 Å². The standard InChI is InChI=1S/C6H12O2S/c1-2-3-4-5-6-9(7)8/h3-4,9H,2,5-6H2,1H3/b4-3-. The third-order valence-electron chi connectivity index (χ3n) is 0.881. The fourth-order valence-corrected chi connectivity index (χ4v) is 0.824. The van der Waals surface area contributed by atoms with E-state index in [2.05, 4.69) is 0 Å². The third kappa shape index (κ3) is 7.69. The minimum Gasteiger partial charge on any atom is -0.232 e. The lowest BCUT2D eigenvalue weighted by molar-refractivity contribution is 0.614. The monoisotopic (exact) mass is 148 g/mol. The summed E-state index contributed by atoms with van der Waals surface area (Å²) in [7, 11) is -2.17. The summed E-state index contributed by atoms with van der Waals surface area (Å²) in [6.45, 7) is 2.02. The smallest absolute Gasteiger partial charge is 0.140 e. The Balaban J connectivity index is 3.19. The zero-order valence-corrected chi connectivity index (χ0v) is 6.43. The molecule has 0 aromatic heterocycles. The number of hydrogen-bond acceptors (Lipinski definition) is 2. The molecule has 2 nitrogen and oxygen atoms in total. The maximum absolute atomic E-state index is 9.97. The van der Waals surface area contributed by atoms with Crippen molar-refractivity contribution >= 4 is 10.7 Å². The summed E-state index contributed by atoms with van der Waals surface area (Å²) in [5.41, 5.74) is 0. The molecule has 0 aromatic rings. The first kappa shape index (κ1) is 8.69. The molecule has 0 spiro atoms. The number of allylic oxidation sites excluding steroid dienone is 2. The highest BCUT2D eigenvalue weighted by Crippen LogP contribution is 1.85. The second-order valence-electron chi connectivity index (χ2n) is 1.72. The first-order valence-corrected chi connectivity index (χ1v) is 4.40. The van der Waals surface area contributed by atoms with Gasteiger partial charge in [-0.1, -0.05) is 19.1 Å². The van der Waals surface area contributed by atoms with E-state index in [1.165, 1.54) is 0 Å². The van der Waals surface area contributed by atoms with Crippen molar-refractivity contribution in [3.8, 4) is 0 Å². The fraction of sp³-hybridized carbons (Fsp3) is 0.667. The lowest BCUT2D eigenvalue weighted by Crippen LogP contribution is -1.82. The Morgan fingerprint density at radius 3 is 2.44 bits per heavy atom. The highest BCUT2D eigenvalue weighted by Gasteiger charge is 1.80. The molecule has 0 rings (SSSR count). The number of rotatable bonds is 4. The van der Waals surface area contributed by atoms with E-state index in [0.717, 1.165) is 6.42 Å². The molecule has 0 bridgehead atoms. The largest absolute Gasteiger partial charge is 0.232 e. The van der Waals surface area contributed by atoms with Gasteiger partial charge in [0, 0.05) is 0 Å². The minimum atomic E-state index is -2.17. The maximum atomic E-state index is 9.97. The highest BCUT2D eigenvalue weighted by atomic mass is 32.2. The Hall–Kier alpha value is -0.310. The van der Waals surface area contributed by atoms with Gasteiger partial charge in [-0.25, -0.2) is 8.42 Å². The molecule has 54 valence electrons. The van der Waals surface area contributed by atoms with Crippen molar-refractivity contribution in [1.29, 1.82) is 0 Å². The van der Waals surface area contributed by atoms with Crippen LogP contribution in [-0.4, -0.2) is 14.2 Å². The van der Waals surface area contributed by atoms with Crippen LogP contribution in [0.15, 0.2) is 12.2 Å². The minimum absolute atomic E-state index is 0.284. The van der Waals surface area contributed by atoms with Crippen LogP contribution in [0.25, 0.3) is 0 Å². The van der Waals surface area contributed by atoms with Crippen molar-refractivity contribution in [3.63, 3.8) is 0 Å². The van der Waals surface area contributed by atoms with Gasteiger partial charge in [0.15, 0.2) is 0 Å². The van der Waals surface area contributed by atoms with Gasteiger partial charge >= 0.3 is 0 Å². The van der Waals surface area contributed by atoms with Gasteiger partial charge in [0.2, 0.25) is 0 Å². The molecule has 0 radical (unpaired) electrons. The van der Waals surface area contributed by atoms with Crippen LogP contribution in [0.3, 0.4) is 0 Å². The number of hydrogen-bond donors (Lipinski definition) is 1. The van der Waals surface area contributed by atoms with E-state index in [0.29, 0.717) is 6.42 Å². The lowest BCUT2D eigenvalue weighted by Gasteiger charge is -1.80. The van der Waals surface area contributed by atoms with Crippen LogP contribution in [0, 0.1) is 0 Å². The Kier molecular flexibility index (Phi) is 5.62. The molecule has 0 saturated heterocycles. The van der Waals surface area contributed by atoms with E-state index >= 15 is 0 Å². The predicted octanol–water partition coefficient (Wildman–Crippen LogP) is 0.954. The van der Waals surface area contributed by atoms with Crippen LogP contribution in [-0.2, 0) is 10.7 Å². The van der Waals surface area contributed by atoms with Gasteiger partial charge in [0.25, 0.3) is 0 Å². The van der Waals surface area contributed by atoms with Gasteiger partial charge in [-0.15, -0.1) is 0 Å². The van der Waals surface area contributed by atoms with Gasteiger partial charge in [0.05, 0.1) is 5.75 Å². The summed E-state index contributed by atoms with van der Waals surface area (Å²) in [6, 6.07) is 0. The van der Waals surface area contributed by atoms with E-state index in [4.69, 9.17) is 0 Å². The Morgan fingerprint density at radius 1 is 1.33 bits per heavy atom. The van der Waals surface area contributed by atoms with Crippen LogP contribution in [0.1, 0.15) is 19.8 Å². The van der Waals surface area contributed by atoms with Crippen molar-refractivity contribution < 1.29 is 8.42 Å². The molecule has 0 heterocycles. The Labute approximate surface area is 57.5 Å². The molecule has 0 fully saturated rings. The fourth-order valence-electron chi connectivity index (χ4n) is 0.464. The highest BCUT2D eigenvalue weighted by molar-refractivity contribution is 7.72. The van der Waals surface area contributed by atoms with Gasteiger partial charge in [-0.3, -0.25) is 0 Å². The van der Waals surface area contributed by atoms with Crippen molar-refractivity contribution in [1.82, 2.24) is 0 Å². The average molecular weight is 148 g/mol. The van der Waals surface area contributed by atoms with Crippen LogP contribution in [0.5, 0.6) is 0 Å². The van der Waals surface area contributed by atoms with Crippen LogP contribution in [0.2, 0.25) is 0 Å². The van der Waals surface area contributed by atoms with Crippen molar-refractivity contribution in [3.05, 3.63) is 12.2 Å². The second-order valence-corrected chi connectivity index (χ2v) is 2.84. The first-order valence-electron chi connectivity index (χ1n) is 3.04. The second kappa shape index (κ2) is 5.82. The lowest BCUT2D eigenvalue weighted by atomic mass is 10.4. The molecular weight excluding hydrogens is 136 g/mol. The van der Waals surface area contributed by atoms with E-state index in [1.54, 1.807) is 0 Å². The molecule has 0 atom stereocenters. The van der Waals surface area contributed by atoms with Gasteiger partial charge < -0.3 is 0 Å². The molecule has 0 aliphatic carbocycles. The average Bonchev–Trinajstić information content (AvgIpc) is 1.80. The quantitative estimate of drug-likeness (QED) is 0.476. The number of thiol groups is 1. The molecule has 0 unspecified atom stereocenters. The molecule has 0 N–H and O–H groups in total. The molecule has 0 aromatic carbocycles. The summed E-state index contributed by atoms with van der Waals surface area (Å²) in [5.74, 6) is 0.284. The van der Waals surface area contributed by atoms with Gasteiger partial charge in [0.1, 0.15) is 10.7 Å². The zero-order chi connectivity index (χ0) is 7.11. The summed E-state index contributed by atoms with van der Waals surface area (Å²) < 4.78 is 19.9. The zero-order valence-electron chi connectivity index (χ0n) is 5.54. The normalized spacial score (nSPS) is 11.3. The van der Waals surface area contributed by atoms with Crippen molar-refractivity contribution in [2.75, 3.05) is 5.75 Å². The Morgan fingerprint density at radius 2 is 2.00 bits per heavy atom. The topological polar surface area (TPSA) is 34.1 Å². The summed E-state index contributed by atoms with van der Waals surface area (Å²) in [5, 5.41) is 0. The van der Waals surface area contributed by atoms with Crippen molar-refractivity contribution in [2.24, 2.45) is 0 Å². The van der Waals surface area contributed by atoms with Gasteiger partial charge in [-0.2, -0.15) is 0 Å². The summed E-state index contributed by atoms with van der Waals surface area (Å²) in [4.78, 5) is 0. The summed E-state index contributed by atoms with van der Waals surface area (Å²) >= 11 is 0. The van der Waals surface area contributed by atoms with Crippen LogP contribution in [0.4, 0.5) is 0 Å². The Bertz CT molecular complexity index is 139. The molecule has 0 aliphatic heterocycles. The predicted molar refractivity (Wildman–Crippen MR) is 39.2 cm³/mol. The molecule has 9 heavy (non-hydrogen) atoms. The van der Waals surface area contributed by atoms with Gasteiger partial charge in [-0.05, 0) is 12.8 Å². The maximum Gasteiger partial charge on any atom is 0.140 e. The van der Waals surface area contributed by atoms with E-state index < -0.39 is 10.7 Å². The summed E-state index contributed by atoms with van der Waals surface area (Å²) in [6.07, 6.45) is 5.51. The molecule has 0 saturated carbocycles. The molecule has 0 amide bonds. The van der Waals surface area contributed by atoms with E-state index in [9.17, 15) is 8.42 Å². The SMILES string of the molecule is CC/C=C\CC[SH](=O)=O.